The molecule has 19 heavy (non-hydrogen) atoms. The number of hydrogen-bond donors (Lipinski definition) is 1. The summed E-state index contributed by atoms with van der Waals surface area (Å²) < 4.78 is 0. The van der Waals surface area contributed by atoms with Crippen LogP contribution < -0.4 is 5.32 Å². The number of rotatable bonds is 5. The summed E-state index contributed by atoms with van der Waals surface area (Å²) in [5, 5.41) is 3.45. The van der Waals surface area contributed by atoms with Crippen LogP contribution in [0, 0.1) is 13.8 Å². The molecule has 100 valence electrons. The van der Waals surface area contributed by atoms with E-state index in [1.54, 1.807) is 0 Å². The third-order valence-corrected chi connectivity index (χ3v) is 3.38. The zero-order chi connectivity index (χ0) is 13.7. The summed E-state index contributed by atoms with van der Waals surface area (Å²) in [5.74, 6) is 0. The Morgan fingerprint density at radius 3 is 2.58 bits per heavy atom. The van der Waals surface area contributed by atoms with Crippen LogP contribution in [0.15, 0.2) is 42.5 Å². The molecule has 1 nitrogen and oxygen atoms in total. The first-order valence-corrected chi connectivity index (χ1v) is 7.08. The first-order valence-electron chi connectivity index (χ1n) is 7.08. The molecule has 0 saturated heterocycles. The number of nitrogens with one attached hydrogen (secondary N) is 1. The average molecular weight is 253 g/mol. The molecule has 0 aromatic heterocycles. The summed E-state index contributed by atoms with van der Waals surface area (Å²) in [5.41, 5.74) is 6.67. The molecule has 0 spiro atoms. The van der Waals surface area contributed by atoms with Crippen molar-refractivity contribution in [2.45, 2.75) is 33.7 Å². The fourth-order valence-corrected chi connectivity index (χ4v) is 2.40. The Hall–Kier alpha value is -1.60. The molecule has 0 aliphatic carbocycles. The van der Waals surface area contributed by atoms with Gasteiger partial charge in [0.05, 0.1) is 0 Å². The highest BCUT2D eigenvalue weighted by Gasteiger charge is 2.03. The largest absolute Gasteiger partial charge is 0.313 e. The molecule has 0 radical (unpaired) electrons. The lowest BCUT2D eigenvalue weighted by Crippen LogP contribution is -2.13. The van der Waals surface area contributed by atoms with Gasteiger partial charge in [-0.2, -0.15) is 0 Å². The molecule has 0 fully saturated rings. The Balaban J connectivity index is 2.22. The zero-order valence-corrected chi connectivity index (χ0v) is 12.2. The number of hydrogen-bond acceptors (Lipinski definition) is 1. The van der Waals surface area contributed by atoms with Gasteiger partial charge in [-0.05, 0) is 55.1 Å². The smallest absolute Gasteiger partial charge is 0.0205 e. The summed E-state index contributed by atoms with van der Waals surface area (Å²) in [6.07, 6.45) is 1.18. The Kier molecular flexibility index (Phi) is 4.75. The van der Waals surface area contributed by atoms with Crippen LogP contribution in [0.25, 0.3) is 11.1 Å². The van der Waals surface area contributed by atoms with Crippen LogP contribution in [-0.4, -0.2) is 6.54 Å². The van der Waals surface area contributed by atoms with Gasteiger partial charge in [-0.1, -0.05) is 48.9 Å². The highest BCUT2D eigenvalue weighted by molar-refractivity contribution is 5.68. The highest BCUT2D eigenvalue weighted by atomic mass is 14.8. The first-order chi connectivity index (χ1) is 9.20. The zero-order valence-electron chi connectivity index (χ0n) is 12.2. The Morgan fingerprint density at radius 1 is 1.00 bits per heavy atom. The second-order valence-electron chi connectivity index (χ2n) is 5.20. The molecule has 1 heteroatoms. The molecule has 0 heterocycles. The number of aryl methyl sites for hydroxylation is 2. The van der Waals surface area contributed by atoms with Crippen LogP contribution in [0.1, 0.15) is 30.0 Å². The van der Waals surface area contributed by atoms with Gasteiger partial charge in [0.1, 0.15) is 0 Å². The van der Waals surface area contributed by atoms with Crippen LogP contribution in [0.5, 0.6) is 0 Å². The van der Waals surface area contributed by atoms with Gasteiger partial charge < -0.3 is 5.32 Å². The Bertz CT molecular complexity index is 543. The van der Waals surface area contributed by atoms with Crippen LogP contribution >= 0.6 is 0 Å². The van der Waals surface area contributed by atoms with Crippen molar-refractivity contribution in [3.05, 3.63) is 59.2 Å². The van der Waals surface area contributed by atoms with E-state index in [2.05, 4.69) is 68.6 Å². The fourth-order valence-electron chi connectivity index (χ4n) is 2.40. The maximum atomic E-state index is 3.45. The summed E-state index contributed by atoms with van der Waals surface area (Å²) in [7, 11) is 0. The molecule has 0 aliphatic rings. The average Bonchev–Trinajstić information content (AvgIpc) is 2.39. The van der Waals surface area contributed by atoms with E-state index in [1.807, 2.05) is 0 Å². The maximum Gasteiger partial charge on any atom is 0.0205 e. The summed E-state index contributed by atoms with van der Waals surface area (Å²) in [6.45, 7) is 8.55. The van der Waals surface area contributed by atoms with Gasteiger partial charge in [0.15, 0.2) is 0 Å². The Morgan fingerprint density at radius 2 is 1.84 bits per heavy atom. The third-order valence-electron chi connectivity index (χ3n) is 3.38. The predicted molar refractivity (Wildman–Crippen MR) is 83.3 cm³/mol. The first kappa shape index (κ1) is 13.8. The Labute approximate surface area is 116 Å². The van der Waals surface area contributed by atoms with Gasteiger partial charge in [-0.25, -0.2) is 0 Å². The van der Waals surface area contributed by atoms with Gasteiger partial charge >= 0.3 is 0 Å². The molecule has 2 aromatic carbocycles. The standard InChI is InChI=1S/C18H23N/c1-4-10-19-13-16-6-5-7-17(12-16)18-9-8-14(2)11-15(18)3/h5-9,11-12,19H,4,10,13H2,1-3H3. The third kappa shape index (κ3) is 3.68. The van der Waals surface area contributed by atoms with E-state index < -0.39 is 0 Å². The molecular formula is C18H23N. The van der Waals surface area contributed by atoms with Crippen LogP contribution in [0.4, 0.5) is 0 Å². The van der Waals surface area contributed by atoms with Gasteiger partial charge in [-0.3, -0.25) is 0 Å². The molecule has 0 bridgehead atoms. The maximum absolute atomic E-state index is 3.45. The van der Waals surface area contributed by atoms with E-state index in [1.165, 1.54) is 34.2 Å². The van der Waals surface area contributed by atoms with Crippen LogP contribution in [-0.2, 0) is 6.54 Å². The highest BCUT2D eigenvalue weighted by Crippen LogP contribution is 2.25. The predicted octanol–water partition coefficient (Wildman–Crippen LogP) is 4.47. The monoisotopic (exact) mass is 253 g/mol. The molecule has 0 amide bonds. The minimum absolute atomic E-state index is 0.951. The number of benzene rings is 2. The SMILES string of the molecule is CCCNCc1cccc(-c2ccc(C)cc2C)c1. The van der Waals surface area contributed by atoms with E-state index in [0.717, 1.165) is 13.1 Å². The quantitative estimate of drug-likeness (QED) is 0.775. The topological polar surface area (TPSA) is 12.0 Å². The molecule has 0 saturated carbocycles. The van der Waals surface area contributed by atoms with Crippen molar-refractivity contribution in [2.75, 3.05) is 6.54 Å². The lowest BCUT2D eigenvalue weighted by atomic mass is 9.97. The van der Waals surface area contributed by atoms with E-state index in [-0.39, 0.29) is 0 Å². The van der Waals surface area contributed by atoms with E-state index in [9.17, 15) is 0 Å². The van der Waals surface area contributed by atoms with Crippen molar-refractivity contribution in [2.24, 2.45) is 0 Å². The second kappa shape index (κ2) is 6.53. The van der Waals surface area contributed by atoms with Crippen molar-refractivity contribution in [3.63, 3.8) is 0 Å². The molecule has 0 unspecified atom stereocenters. The lowest BCUT2D eigenvalue weighted by molar-refractivity contribution is 0.675. The van der Waals surface area contributed by atoms with Crippen LogP contribution in [0.2, 0.25) is 0 Å². The van der Waals surface area contributed by atoms with Gasteiger partial charge in [0.25, 0.3) is 0 Å². The van der Waals surface area contributed by atoms with Crippen molar-refractivity contribution >= 4 is 0 Å². The van der Waals surface area contributed by atoms with Crippen molar-refractivity contribution in [1.29, 1.82) is 0 Å². The molecule has 0 aliphatic heterocycles. The molecule has 2 aromatic rings. The van der Waals surface area contributed by atoms with E-state index in [0.29, 0.717) is 0 Å². The van der Waals surface area contributed by atoms with Crippen molar-refractivity contribution < 1.29 is 0 Å². The normalized spacial score (nSPS) is 10.7. The lowest BCUT2D eigenvalue weighted by Gasteiger charge is -2.10. The molecule has 2 rings (SSSR count). The summed E-state index contributed by atoms with van der Waals surface area (Å²) in [6, 6.07) is 15.5. The fraction of sp³-hybridized carbons (Fsp3) is 0.333. The van der Waals surface area contributed by atoms with Crippen LogP contribution in [0.3, 0.4) is 0 Å². The van der Waals surface area contributed by atoms with Gasteiger partial charge in [-0.15, -0.1) is 0 Å². The van der Waals surface area contributed by atoms with Gasteiger partial charge in [0, 0.05) is 6.54 Å². The second-order valence-corrected chi connectivity index (χ2v) is 5.20. The van der Waals surface area contributed by atoms with Gasteiger partial charge in [0.2, 0.25) is 0 Å². The minimum atomic E-state index is 0.951. The summed E-state index contributed by atoms with van der Waals surface area (Å²) in [4.78, 5) is 0. The molecular weight excluding hydrogens is 230 g/mol. The van der Waals surface area contributed by atoms with E-state index in [4.69, 9.17) is 0 Å². The van der Waals surface area contributed by atoms with E-state index >= 15 is 0 Å². The minimum Gasteiger partial charge on any atom is -0.313 e. The molecule has 1 N–H and O–H groups in total. The van der Waals surface area contributed by atoms with Crippen molar-refractivity contribution in [3.8, 4) is 11.1 Å². The molecule has 0 atom stereocenters. The summed E-state index contributed by atoms with van der Waals surface area (Å²) >= 11 is 0. The van der Waals surface area contributed by atoms with Crippen molar-refractivity contribution in [1.82, 2.24) is 5.32 Å².